The van der Waals surface area contributed by atoms with E-state index in [9.17, 15) is 4.79 Å². The van der Waals surface area contributed by atoms with Crippen LogP contribution in [-0.2, 0) is 9.47 Å². The molecule has 5 nitrogen and oxygen atoms in total. The molecule has 0 saturated carbocycles. The maximum absolute atomic E-state index is 11.3. The highest BCUT2D eigenvalue weighted by molar-refractivity contribution is 5.74. The van der Waals surface area contributed by atoms with Crippen molar-refractivity contribution in [2.75, 3.05) is 19.8 Å². The van der Waals surface area contributed by atoms with Crippen molar-refractivity contribution in [3.63, 3.8) is 0 Å². The van der Waals surface area contributed by atoms with Crippen LogP contribution in [-0.4, -0.2) is 37.6 Å². The van der Waals surface area contributed by atoms with Gasteiger partial charge in [0.2, 0.25) is 0 Å². The summed E-state index contributed by atoms with van der Waals surface area (Å²) < 4.78 is 10.8. The summed E-state index contributed by atoms with van der Waals surface area (Å²) in [5.74, 6) is -0.544. The normalized spacial score (nSPS) is 20.1. The lowest BCUT2D eigenvalue weighted by Gasteiger charge is -2.22. The van der Waals surface area contributed by atoms with Gasteiger partial charge in [-0.15, -0.1) is 6.58 Å². The summed E-state index contributed by atoms with van der Waals surface area (Å²) in [6.07, 6.45) is 2.31. The predicted molar refractivity (Wildman–Crippen MR) is 61.1 cm³/mol. The van der Waals surface area contributed by atoms with Gasteiger partial charge in [-0.05, 0) is 13.8 Å². The van der Waals surface area contributed by atoms with Crippen LogP contribution in [0.3, 0.4) is 0 Å². The molecule has 1 fully saturated rings. The first-order valence-electron chi connectivity index (χ1n) is 5.50. The van der Waals surface area contributed by atoms with Crippen LogP contribution in [0.5, 0.6) is 0 Å². The van der Waals surface area contributed by atoms with E-state index in [1.54, 1.807) is 6.08 Å². The van der Waals surface area contributed by atoms with Crippen molar-refractivity contribution >= 4 is 6.03 Å². The lowest BCUT2D eigenvalue weighted by Crippen LogP contribution is -2.42. The van der Waals surface area contributed by atoms with E-state index in [1.165, 1.54) is 0 Å². The van der Waals surface area contributed by atoms with Crippen molar-refractivity contribution in [1.82, 2.24) is 10.6 Å². The zero-order valence-electron chi connectivity index (χ0n) is 9.91. The second-order valence-corrected chi connectivity index (χ2v) is 4.01. The van der Waals surface area contributed by atoms with Crippen LogP contribution in [0.2, 0.25) is 0 Å². The molecule has 0 radical (unpaired) electrons. The van der Waals surface area contributed by atoms with Gasteiger partial charge in [0.25, 0.3) is 0 Å². The summed E-state index contributed by atoms with van der Waals surface area (Å²) in [5, 5.41) is 5.46. The Bertz CT molecular complexity index is 250. The monoisotopic (exact) mass is 228 g/mol. The summed E-state index contributed by atoms with van der Waals surface area (Å²) in [7, 11) is 0. The molecule has 1 aliphatic heterocycles. The van der Waals surface area contributed by atoms with Crippen molar-refractivity contribution < 1.29 is 14.3 Å². The van der Waals surface area contributed by atoms with Crippen LogP contribution in [0.15, 0.2) is 12.7 Å². The molecule has 1 atom stereocenters. The summed E-state index contributed by atoms with van der Waals surface area (Å²) in [4.78, 5) is 11.3. The largest absolute Gasteiger partial charge is 0.348 e. The van der Waals surface area contributed by atoms with E-state index >= 15 is 0 Å². The van der Waals surface area contributed by atoms with Crippen molar-refractivity contribution in [2.24, 2.45) is 0 Å². The Hall–Kier alpha value is -1.07. The molecule has 1 rings (SSSR count). The first-order chi connectivity index (χ1) is 7.56. The van der Waals surface area contributed by atoms with E-state index in [1.807, 2.05) is 13.8 Å². The molecular weight excluding hydrogens is 208 g/mol. The number of hydrogen-bond acceptors (Lipinski definition) is 3. The molecule has 5 heteroatoms. The van der Waals surface area contributed by atoms with E-state index in [0.717, 1.165) is 0 Å². The Morgan fingerprint density at radius 1 is 1.56 bits per heavy atom. The highest BCUT2D eigenvalue weighted by Gasteiger charge is 2.30. The summed E-state index contributed by atoms with van der Waals surface area (Å²) >= 11 is 0. The third kappa shape index (κ3) is 4.20. The molecule has 1 saturated heterocycles. The quantitative estimate of drug-likeness (QED) is 0.690. The van der Waals surface area contributed by atoms with Gasteiger partial charge >= 0.3 is 6.03 Å². The van der Waals surface area contributed by atoms with Crippen molar-refractivity contribution in [1.29, 1.82) is 0 Å². The molecule has 0 spiro atoms. The second kappa shape index (κ2) is 5.86. The maximum atomic E-state index is 11.3. The second-order valence-electron chi connectivity index (χ2n) is 4.01. The van der Waals surface area contributed by atoms with Crippen LogP contribution in [0.4, 0.5) is 4.79 Å². The Labute approximate surface area is 96.2 Å². The van der Waals surface area contributed by atoms with Gasteiger partial charge < -0.3 is 20.1 Å². The minimum absolute atomic E-state index is 0.0328. The zero-order chi connectivity index (χ0) is 12.0. The fourth-order valence-corrected chi connectivity index (χ4v) is 1.42. The minimum atomic E-state index is -0.544. The molecular formula is C11H20N2O3. The van der Waals surface area contributed by atoms with Crippen LogP contribution in [0, 0.1) is 0 Å². The highest BCUT2D eigenvalue weighted by Crippen LogP contribution is 2.21. The molecule has 0 aromatic rings. The van der Waals surface area contributed by atoms with Crippen molar-refractivity contribution in [2.45, 2.75) is 32.1 Å². The number of carbonyl (C=O) groups is 1. The Morgan fingerprint density at radius 3 is 2.75 bits per heavy atom. The van der Waals surface area contributed by atoms with E-state index in [0.29, 0.717) is 26.2 Å². The van der Waals surface area contributed by atoms with E-state index in [-0.39, 0.29) is 12.1 Å². The number of urea groups is 1. The Balaban J connectivity index is 2.15. The predicted octanol–water partition coefficient (Wildman–Crippen LogP) is 1.01. The van der Waals surface area contributed by atoms with Crippen molar-refractivity contribution in [3.05, 3.63) is 12.7 Å². The van der Waals surface area contributed by atoms with Crippen LogP contribution in [0.1, 0.15) is 20.3 Å². The fraction of sp³-hybridized carbons (Fsp3) is 0.727. The molecule has 2 amide bonds. The van der Waals surface area contributed by atoms with Gasteiger partial charge in [-0.25, -0.2) is 4.79 Å². The Morgan fingerprint density at radius 2 is 2.19 bits per heavy atom. The van der Waals surface area contributed by atoms with Crippen LogP contribution < -0.4 is 10.6 Å². The average Bonchev–Trinajstić information content (AvgIpc) is 2.65. The third-order valence-corrected chi connectivity index (χ3v) is 2.48. The smallest absolute Gasteiger partial charge is 0.315 e. The number of nitrogens with one attached hydrogen (secondary N) is 2. The molecule has 16 heavy (non-hydrogen) atoms. The lowest BCUT2D eigenvalue weighted by atomic mass is 10.2. The molecule has 0 aromatic carbocycles. The van der Waals surface area contributed by atoms with Gasteiger partial charge in [-0.2, -0.15) is 0 Å². The fourth-order valence-electron chi connectivity index (χ4n) is 1.42. The standard InChI is InChI=1S/C11H20N2O3/c1-4-9(2)13-10(14)12-6-5-11(3)15-7-8-16-11/h4,9H,1,5-8H2,2-3H3,(H2,12,13,14)/t9-/m1/s1. The number of ether oxygens (including phenoxy) is 2. The van der Waals surface area contributed by atoms with E-state index < -0.39 is 5.79 Å². The molecule has 0 aromatic heterocycles. The summed E-state index contributed by atoms with van der Waals surface area (Å²) in [5.41, 5.74) is 0. The van der Waals surface area contributed by atoms with E-state index in [2.05, 4.69) is 17.2 Å². The minimum Gasteiger partial charge on any atom is -0.348 e. The Kier molecular flexibility index (Phi) is 4.76. The molecule has 1 aliphatic rings. The molecule has 0 bridgehead atoms. The number of amides is 2. The molecule has 0 aliphatic carbocycles. The van der Waals surface area contributed by atoms with E-state index in [4.69, 9.17) is 9.47 Å². The SMILES string of the molecule is C=C[C@@H](C)NC(=O)NCCC1(C)OCCO1. The topological polar surface area (TPSA) is 59.6 Å². The third-order valence-electron chi connectivity index (χ3n) is 2.48. The first-order valence-corrected chi connectivity index (χ1v) is 5.50. The first kappa shape index (κ1) is 13.0. The van der Waals surface area contributed by atoms with Gasteiger partial charge in [-0.3, -0.25) is 0 Å². The molecule has 0 unspecified atom stereocenters. The average molecular weight is 228 g/mol. The number of rotatable bonds is 5. The molecule has 2 N–H and O–H groups in total. The zero-order valence-corrected chi connectivity index (χ0v) is 9.91. The highest BCUT2D eigenvalue weighted by atomic mass is 16.7. The van der Waals surface area contributed by atoms with Gasteiger partial charge in [0.1, 0.15) is 0 Å². The van der Waals surface area contributed by atoms with Gasteiger partial charge in [0.15, 0.2) is 5.79 Å². The van der Waals surface area contributed by atoms with Crippen LogP contribution >= 0.6 is 0 Å². The van der Waals surface area contributed by atoms with Crippen LogP contribution in [0.25, 0.3) is 0 Å². The number of carbonyl (C=O) groups excluding carboxylic acids is 1. The molecule has 92 valence electrons. The van der Waals surface area contributed by atoms with Gasteiger partial charge in [0, 0.05) is 19.0 Å². The number of hydrogen-bond donors (Lipinski definition) is 2. The summed E-state index contributed by atoms with van der Waals surface area (Å²) in [6.45, 7) is 9.09. The van der Waals surface area contributed by atoms with Crippen molar-refractivity contribution in [3.8, 4) is 0 Å². The summed E-state index contributed by atoms with van der Waals surface area (Å²) in [6, 6.07) is -0.233. The molecule has 1 heterocycles. The maximum Gasteiger partial charge on any atom is 0.315 e. The lowest BCUT2D eigenvalue weighted by molar-refractivity contribution is -0.145. The van der Waals surface area contributed by atoms with Gasteiger partial charge in [0.05, 0.1) is 13.2 Å². The van der Waals surface area contributed by atoms with Gasteiger partial charge in [-0.1, -0.05) is 6.08 Å².